The van der Waals surface area contributed by atoms with Gasteiger partial charge in [-0.15, -0.1) is 0 Å². The minimum Gasteiger partial charge on any atom is -0.497 e. The lowest BCUT2D eigenvalue weighted by Gasteiger charge is -2.21. The molecule has 1 unspecified atom stereocenters. The van der Waals surface area contributed by atoms with Crippen LogP contribution in [0.25, 0.3) is 10.2 Å². The first-order chi connectivity index (χ1) is 14.3. The Labute approximate surface area is 179 Å². The number of aromatic nitrogens is 1. The number of carbonyl (C=O) groups excluding carboxylic acids is 1. The lowest BCUT2D eigenvalue weighted by molar-refractivity contribution is -0.121. The van der Waals surface area contributed by atoms with Crippen molar-refractivity contribution in [2.45, 2.75) is 30.7 Å². The molecular formula is C21H23N3O4S2. The first kappa shape index (κ1) is 20.8. The predicted octanol–water partition coefficient (Wildman–Crippen LogP) is 2.84. The number of hydrogen-bond donors (Lipinski definition) is 0. The summed E-state index contributed by atoms with van der Waals surface area (Å²) in [5.41, 5.74) is 2.13. The lowest BCUT2D eigenvalue weighted by Crippen LogP contribution is -2.40. The number of fused-ring (bicyclic) bond motifs is 1. The number of sulfonamides is 1. The third kappa shape index (κ3) is 3.57. The fourth-order valence-electron chi connectivity index (χ4n) is 3.83. The van der Waals surface area contributed by atoms with Crippen LogP contribution in [-0.2, 0) is 21.9 Å². The number of para-hydroxylation sites is 1. The fourth-order valence-corrected chi connectivity index (χ4v) is 6.58. The second kappa shape index (κ2) is 7.98. The molecule has 0 aliphatic carbocycles. The van der Waals surface area contributed by atoms with Crippen LogP contribution in [0.15, 0.2) is 52.4 Å². The van der Waals surface area contributed by atoms with Gasteiger partial charge in [-0.05, 0) is 55.7 Å². The van der Waals surface area contributed by atoms with Crippen molar-refractivity contribution in [2.24, 2.45) is 12.0 Å². The number of benzene rings is 2. The maximum atomic E-state index is 13.1. The number of ether oxygens (including phenoxy) is 1. The SMILES string of the molecule is COc1ccc(S(=O)(=O)N2CCCC2C(=O)N=c2sc3cccc(C)c3n2C)cc1. The summed E-state index contributed by atoms with van der Waals surface area (Å²) in [5.74, 6) is 0.148. The first-order valence-corrected chi connectivity index (χ1v) is 11.9. The Morgan fingerprint density at radius 2 is 1.93 bits per heavy atom. The minimum absolute atomic E-state index is 0.144. The molecule has 2 heterocycles. The van der Waals surface area contributed by atoms with Crippen LogP contribution in [0.4, 0.5) is 0 Å². The molecule has 0 N–H and O–H groups in total. The normalized spacial score (nSPS) is 18.2. The molecule has 0 radical (unpaired) electrons. The number of carbonyl (C=O) groups is 1. The maximum Gasteiger partial charge on any atom is 0.266 e. The molecule has 30 heavy (non-hydrogen) atoms. The maximum absolute atomic E-state index is 13.1. The largest absolute Gasteiger partial charge is 0.497 e. The van der Waals surface area contributed by atoms with E-state index in [4.69, 9.17) is 4.74 Å². The number of rotatable bonds is 4. The number of hydrogen-bond acceptors (Lipinski definition) is 5. The summed E-state index contributed by atoms with van der Waals surface area (Å²) in [6, 6.07) is 11.4. The molecule has 9 heteroatoms. The molecule has 4 rings (SSSR count). The Morgan fingerprint density at radius 1 is 1.20 bits per heavy atom. The van der Waals surface area contributed by atoms with Crippen molar-refractivity contribution in [3.05, 3.63) is 52.8 Å². The summed E-state index contributed by atoms with van der Waals surface area (Å²) in [7, 11) is -0.401. The molecule has 7 nitrogen and oxygen atoms in total. The van der Waals surface area contributed by atoms with Crippen molar-refractivity contribution >= 4 is 37.5 Å². The van der Waals surface area contributed by atoms with Crippen molar-refractivity contribution in [1.82, 2.24) is 8.87 Å². The van der Waals surface area contributed by atoms with Gasteiger partial charge in [0.25, 0.3) is 5.91 Å². The van der Waals surface area contributed by atoms with Crippen molar-refractivity contribution in [3.8, 4) is 5.75 Å². The molecule has 0 saturated carbocycles. The van der Waals surface area contributed by atoms with Gasteiger partial charge in [0, 0.05) is 13.6 Å². The standard InChI is InChI=1S/C21H23N3O4S2/c1-14-6-4-8-18-19(14)23(2)21(29-18)22-20(25)17-7-5-13-24(17)30(26,27)16-11-9-15(28-3)10-12-16/h4,6,8-12,17H,5,7,13H2,1-3H3. The van der Waals surface area contributed by atoms with Crippen LogP contribution < -0.4 is 9.54 Å². The monoisotopic (exact) mass is 445 g/mol. The van der Waals surface area contributed by atoms with Crippen LogP contribution >= 0.6 is 11.3 Å². The van der Waals surface area contributed by atoms with E-state index >= 15 is 0 Å². The zero-order chi connectivity index (χ0) is 21.5. The quantitative estimate of drug-likeness (QED) is 0.618. The van der Waals surface area contributed by atoms with Gasteiger partial charge in [-0.3, -0.25) is 4.79 Å². The molecule has 1 atom stereocenters. The van der Waals surface area contributed by atoms with Crippen LogP contribution in [0.2, 0.25) is 0 Å². The number of aryl methyl sites for hydroxylation is 2. The number of nitrogens with zero attached hydrogens (tertiary/aromatic N) is 3. The molecule has 1 fully saturated rings. The topological polar surface area (TPSA) is 81.0 Å². The molecule has 2 aromatic carbocycles. The van der Waals surface area contributed by atoms with Gasteiger partial charge in [-0.25, -0.2) is 8.42 Å². The molecule has 3 aromatic rings. The summed E-state index contributed by atoms with van der Waals surface area (Å²) >= 11 is 1.43. The second-order valence-electron chi connectivity index (χ2n) is 7.26. The van der Waals surface area contributed by atoms with Gasteiger partial charge in [0.2, 0.25) is 10.0 Å². The Bertz CT molecular complexity index is 1270. The zero-order valence-corrected chi connectivity index (χ0v) is 18.7. The van der Waals surface area contributed by atoms with E-state index in [-0.39, 0.29) is 4.90 Å². The average molecular weight is 446 g/mol. The second-order valence-corrected chi connectivity index (χ2v) is 10.2. The van der Waals surface area contributed by atoms with Crippen molar-refractivity contribution < 1.29 is 17.9 Å². The molecular weight excluding hydrogens is 422 g/mol. The summed E-state index contributed by atoms with van der Waals surface area (Å²) in [6.07, 6.45) is 1.09. The van der Waals surface area contributed by atoms with E-state index in [1.165, 1.54) is 34.9 Å². The van der Waals surface area contributed by atoms with E-state index in [0.717, 1.165) is 15.8 Å². The number of methoxy groups -OCH3 is 1. The van der Waals surface area contributed by atoms with Gasteiger partial charge in [-0.2, -0.15) is 9.30 Å². The van der Waals surface area contributed by atoms with E-state index in [2.05, 4.69) is 4.99 Å². The van der Waals surface area contributed by atoms with Gasteiger partial charge in [0.05, 0.1) is 22.2 Å². The Kier molecular flexibility index (Phi) is 5.52. The van der Waals surface area contributed by atoms with Crippen molar-refractivity contribution in [2.75, 3.05) is 13.7 Å². The molecule has 158 valence electrons. The third-order valence-electron chi connectivity index (χ3n) is 5.38. The van der Waals surface area contributed by atoms with Crippen LogP contribution in [-0.4, -0.2) is 42.9 Å². The van der Waals surface area contributed by atoms with Gasteiger partial charge >= 0.3 is 0 Å². The van der Waals surface area contributed by atoms with E-state index in [0.29, 0.717) is 29.9 Å². The summed E-state index contributed by atoms with van der Waals surface area (Å²) in [5, 5.41) is 0. The van der Waals surface area contributed by atoms with Gasteiger partial charge in [-0.1, -0.05) is 23.5 Å². The highest BCUT2D eigenvalue weighted by atomic mass is 32.2. The van der Waals surface area contributed by atoms with E-state index in [9.17, 15) is 13.2 Å². The molecule has 1 aliphatic rings. The van der Waals surface area contributed by atoms with Crippen LogP contribution in [0.5, 0.6) is 5.75 Å². The average Bonchev–Trinajstić information content (AvgIpc) is 3.35. The number of thiazole rings is 1. The fraction of sp³-hybridized carbons (Fsp3) is 0.333. The molecule has 1 saturated heterocycles. The Balaban J connectivity index is 1.68. The molecule has 1 aliphatic heterocycles. The summed E-state index contributed by atoms with van der Waals surface area (Å²) < 4.78 is 35.6. The Morgan fingerprint density at radius 3 is 2.60 bits per heavy atom. The van der Waals surface area contributed by atoms with Gasteiger partial charge < -0.3 is 9.30 Å². The molecule has 1 amide bonds. The van der Waals surface area contributed by atoms with Gasteiger partial charge in [0.15, 0.2) is 4.80 Å². The molecule has 0 bridgehead atoms. The zero-order valence-electron chi connectivity index (χ0n) is 17.0. The van der Waals surface area contributed by atoms with E-state index in [1.807, 2.05) is 36.7 Å². The lowest BCUT2D eigenvalue weighted by atomic mass is 10.2. The Hall–Kier alpha value is -2.49. The molecule has 1 aromatic heterocycles. The van der Waals surface area contributed by atoms with E-state index < -0.39 is 22.0 Å². The number of amides is 1. The predicted molar refractivity (Wildman–Crippen MR) is 116 cm³/mol. The minimum atomic E-state index is -3.80. The van der Waals surface area contributed by atoms with E-state index in [1.54, 1.807) is 12.1 Å². The highest BCUT2D eigenvalue weighted by Gasteiger charge is 2.39. The van der Waals surface area contributed by atoms with Crippen molar-refractivity contribution in [3.63, 3.8) is 0 Å². The van der Waals surface area contributed by atoms with Crippen LogP contribution in [0.3, 0.4) is 0 Å². The van der Waals surface area contributed by atoms with Crippen LogP contribution in [0.1, 0.15) is 18.4 Å². The highest BCUT2D eigenvalue weighted by Crippen LogP contribution is 2.28. The first-order valence-electron chi connectivity index (χ1n) is 9.62. The van der Waals surface area contributed by atoms with Crippen LogP contribution in [0, 0.1) is 6.92 Å². The van der Waals surface area contributed by atoms with Crippen molar-refractivity contribution in [1.29, 1.82) is 0 Å². The molecule has 0 spiro atoms. The highest BCUT2D eigenvalue weighted by molar-refractivity contribution is 7.89. The summed E-state index contributed by atoms with van der Waals surface area (Å²) in [4.78, 5) is 18.1. The third-order valence-corrected chi connectivity index (χ3v) is 8.40. The summed E-state index contributed by atoms with van der Waals surface area (Å²) in [6.45, 7) is 2.32. The smallest absolute Gasteiger partial charge is 0.266 e. The van der Waals surface area contributed by atoms with Gasteiger partial charge in [0.1, 0.15) is 11.8 Å².